The Morgan fingerprint density at radius 1 is 1.82 bits per heavy atom. The molecule has 0 amide bonds. The predicted octanol–water partition coefficient (Wildman–Crippen LogP) is 0.834. The van der Waals surface area contributed by atoms with E-state index in [1.165, 1.54) is 0 Å². The van der Waals surface area contributed by atoms with Crippen molar-refractivity contribution < 1.29 is 5.11 Å². The van der Waals surface area contributed by atoms with E-state index in [0.29, 0.717) is 13.0 Å². The van der Waals surface area contributed by atoms with Crippen LogP contribution in [0, 0.1) is 6.92 Å². The Hall–Kier alpha value is -0.450. The maximum absolute atomic E-state index is 9.40. The highest BCUT2D eigenvalue weighted by molar-refractivity contribution is 7.09. The summed E-state index contributed by atoms with van der Waals surface area (Å²) < 4.78 is 0. The van der Waals surface area contributed by atoms with Gasteiger partial charge in [-0.15, -0.1) is 11.3 Å². The molecular weight excluding hydrogens is 160 g/mol. The second-order valence-electron chi connectivity index (χ2n) is 2.38. The molecule has 0 spiro atoms. The molecule has 1 atom stereocenters. The molecule has 3 nitrogen and oxygen atoms in total. The molecule has 0 fully saturated rings. The molecule has 0 unspecified atom stereocenters. The van der Waals surface area contributed by atoms with Gasteiger partial charge in [0.2, 0.25) is 0 Å². The molecule has 1 aromatic heterocycles. The van der Waals surface area contributed by atoms with Crippen LogP contribution in [-0.4, -0.2) is 16.6 Å². The molecule has 0 aliphatic carbocycles. The summed E-state index contributed by atoms with van der Waals surface area (Å²) >= 11 is 1.55. The van der Waals surface area contributed by atoms with Crippen molar-refractivity contribution in [2.45, 2.75) is 19.4 Å². The lowest BCUT2D eigenvalue weighted by atomic mass is 10.2. The molecule has 1 rings (SSSR count). The molecule has 1 heterocycles. The zero-order valence-electron chi connectivity index (χ0n) is 6.45. The number of nitrogens with two attached hydrogens (primary N) is 1. The summed E-state index contributed by atoms with van der Waals surface area (Å²) in [7, 11) is 0. The Bertz CT molecular complexity index is 224. The van der Waals surface area contributed by atoms with Crippen molar-refractivity contribution in [1.82, 2.24) is 4.98 Å². The molecule has 11 heavy (non-hydrogen) atoms. The van der Waals surface area contributed by atoms with Crippen molar-refractivity contribution in [3.05, 3.63) is 16.1 Å². The first-order valence-corrected chi connectivity index (χ1v) is 4.42. The number of aryl methyl sites for hydroxylation is 1. The van der Waals surface area contributed by atoms with E-state index in [1.54, 1.807) is 11.3 Å². The normalized spacial score (nSPS) is 13.4. The number of aliphatic hydroxyl groups excluding tert-OH is 1. The third-order valence-corrected chi connectivity index (χ3v) is 2.21. The summed E-state index contributed by atoms with van der Waals surface area (Å²) in [6.07, 6.45) is 0.105. The van der Waals surface area contributed by atoms with Gasteiger partial charge < -0.3 is 10.8 Å². The van der Waals surface area contributed by atoms with Crippen LogP contribution in [0.4, 0.5) is 0 Å². The fraction of sp³-hybridized carbons (Fsp3) is 0.571. The fourth-order valence-electron chi connectivity index (χ4n) is 0.839. The van der Waals surface area contributed by atoms with Gasteiger partial charge in [0, 0.05) is 5.38 Å². The van der Waals surface area contributed by atoms with Gasteiger partial charge in [-0.2, -0.15) is 0 Å². The molecule has 1 aromatic rings. The topological polar surface area (TPSA) is 59.1 Å². The van der Waals surface area contributed by atoms with E-state index >= 15 is 0 Å². The predicted molar refractivity (Wildman–Crippen MR) is 45.5 cm³/mol. The monoisotopic (exact) mass is 172 g/mol. The first-order chi connectivity index (χ1) is 5.24. The molecule has 0 aromatic carbocycles. The van der Waals surface area contributed by atoms with E-state index in [1.807, 2.05) is 12.3 Å². The van der Waals surface area contributed by atoms with Gasteiger partial charge in [0.25, 0.3) is 0 Å². The van der Waals surface area contributed by atoms with E-state index < -0.39 is 6.10 Å². The summed E-state index contributed by atoms with van der Waals surface area (Å²) in [4.78, 5) is 4.14. The van der Waals surface area contributed by atoms with Crippen molar-refractivity contribution >= 4 is 11.3 Å². The highest BCUT2D eigenvalue weighted by Gasteiger charge is 2.08. The maximum Gasteiger partial charge on any atom is 0.0980 e. The van der Waals surface area contributed by atoms with Crippen LogP contribution in [0.15, 0.2) is 5.38 Å². The Labute approximate surface area is 69.9 Å². The third kappa shape index (κ3) is 2.25. The fourth-order valence-corrected chi connectivity index (χ4v) is 1.50. The summed E-state index contributed by atoms with van der Waals surface area (Å²) in [5, 5.41) is 12.3. The lowest BCUT2D eigenvalue weighted by Crippen LogP contribution is -2.06. The maximum atomic E-state index is 9.40. The van der Waals surface area contributed by atoms with Gasteiger partial charge in [-0.1, -0.05) is 0 Å². The molecule has 0 radical (unpaired) electrons. The minimum Gasteiger partial charge on any atom is -0.387 e. The van der Waals surface area contributed by atoms with Crippen molar-refractivity contribution in [2.75, 3.05) is 6.54 Å². The molecule has 0 aliphatic rings. The molecule has 0 bridgehead atoms. The van der Waals surface area contributed by atoms with Crippen LogP contribution in [0.5, 0.6) is 0 Å². The molecule has 4 heteroatoms. The Morgan fingerprint density at radius 2 is 2.55 bits per heavy atom. The van der Waals surface area contributed by atoms with Gasteiger partial charge in [0.05, 0.1) is 16.8 Å². The van der Waals surface area contributed by atoms with Gasteiger partial charge in [0.15, 0.2) is 0 Å². The highest BCUT2D eigenvalue weighted by Crippen LogP contribution is 2.17. The minimum absolute atomic E-state index is 0.482. The first-order valence-electron chi connectivity index (χ1n) is 3.54. The van der Waals surface area contributed by atoms with Gasteiger partial charge >= 0.3 is 0 Å². The lowest BCUT2D eigenvalue weighted by Gasteiger charge is -2.03. The zero-order valence-corrected chi connectivity index (χ0v) is 7.27. The van der Waals surface area contributed by atoms with Crippen molar-refractivity contribution in [1.29, 1.82) is 0 Å². The molecule has 0 saturated heterocycles. The van der Waals surface area contributed by atoms with E-state index in [4.69, 9.17) is 5.73 Å². The largest absolute Gasteiger partial charge is 0.387 e. The number of thiazole rings is 1. The SMILES string of the molecule is Cc1nc([C@@H](O)CCN)cs1. The molecule has 0 saturated carbocycles. The van der Waals surface area contributed by atoms with E-state index in [2.05, 4.69) is 4.98 Å². The first kappa shape index (κ1) is 8.64. The summed E-state index contributed by atoms with van der Waals surface area (Å²) in [6.45, 7) is 2.42. The van der Waals surface area contributed by atoms with Crippen LogP contribution < -0.4 is 5.73 Å². The summed E-state index contributed by atoms with van der Waals surface area (Å²) in [5.41, 5.74) is 6.04. The van der Waals surface area contributed by atoms with Crippen molar-refractivity contribution in [3.63, 3.8) is 0 Å². The van der Waals surface area contributed by atoms with Gasteiger partial charge in [-0.05, 0) is 19.9 Å². The average Bonchev–Trinajstić information content (AvgIpc) is 2.36. The second-order valence-corrected chi connectivity index (χ2v) is 3.45. The third-order valence-electron chi connectivity index (χ3n) is 1.42. The van der Waals surface area contributed by atoms with Crippen LogP contribution in [0.2, 0.25) is 0 Å². The number of nitrogens with zero attached hydrogens (tertiary/aromatic N) is 1. The standard InChI is InChI=1S/C7H12N2OS/c1-5-9-6(4-11-5)7(10)2-3-8/h4,7,10H,2-3,8H2,1H3/t7-/m0/s1. The molecular formula is C7H12N2OS. The highest BCUT2D eigenvalue weighted by atomic mass is 32.1. The lowest BCUT2D eigenvalue weighted by molar-refractivity contribution is 0.166. The summed E-state index contributed by atoms with van der Waals surface area (Å²) in [5.74, 6) is 0. The van der Waals surface area contributed by atoms with Crippen LogP contribution in [0.1, 0.15) is 23.2 Å². The number of hydrogen-bond acceptors (Lipinski definition) is 4. The van der Waals surface area contributed by atoms with Gasteiger partial charge in [-0.3, -0.25) is 0 Å². The second kappa shape index (κ2) is 3.80. The zero-order chi connectivity index (χ0) is 8.27. The average molecular weight is 172 g/mol. The van der Waals surface area contributed by atoms with E-state index in [9.17, 15) is 5.11 Å². The van der Waals surface area contributed by atoms with Crippen LogP contribution in [-0.2, 0) is 0 Å². The van der Waals surface area contributed by atoms with Crippen LogP contribution >= 0.6 is 11.3 Å². The van der Waals surface area contributed by atoms with Gasteiger partial charge in [0.1, 0.15) is 0 Å². The molecule has 0 aliphatic heterocycles. The number of aromatic nitrogens is 1. The van der Waals surface area contributed by atoms with Crippen LogP contribution in [0.25, 0.3) is 0 Å². The Kier molecular flexibility index (Phi) is 2.99. The minimum atomic E-state index is -0.482. The van der Waals surface area contributed by atoms with Crippen LogP contribution in [0.3, 0.4) is 0 Å². The number of hydrogen-bond donors (Lipinski definition) is 2. The van der Waals surface area contributed by atoms with E-state index in [-0.39, 0.29) is 0 Å². The summed E-state index contributed by atoms with van der Waals surface area (Å²) in [6, 6.07) is 0. The van der Waals surface area contributed by atoms with Crippen molar-refractivity contribution in [2.24, 2.45) is 5.73 Å². The Balaban J connectivity index is 2.60. The van der Waals surface area contributed by atoms with Gasteiger partial charge in [-0.25, -0.2) is 4.98 Å². The Morgan fingerprint density at radius 3 is 3.00 bits per heavy atom. The molecule has 62 valence electrons. The number of rotatable bonds is 3. The number of aliphatic hydroxyl groups is 1. The smallest absolute Gasteiger partial charge is 0.0980 e. The van der Waals surface area contributed by atoms with Crippen molar-refractivity contribution in [3.8, 4) is 0 Å². The molecule has 3 N–H and O–H groups in total. The van der Waals surface area contributed by atoms with E-state index in [0.717, 1.165) is 10.7 Å². The quantitative estimate of drug-likeness (QED) is 0.710.